The molecule has 0 aliphatic heterocycles. The molecule has 0 radical (unpaired) electrons. The van der Waals surface area contributed by atoms with E-state index in [1.807, 2.05) is 20.8 Å². The van der Waals surface area contributed by atoms with Crippen LogP contribution in [0, 0.1) is 32.6 Å². The van der Waals surface area contributed by atoms with Gasteiger partial charge in [0.1, 0.15) is 0 Å². The second-order valence-corrected chi connectivity index (χ2v) is 6.36. The number of hydrogen-bond acceptors (Lipinski definition) is 2. The highest BCUT2D eigenvalue weighted by Crippen LogP contribution is 2.40. The second kappa shape index (κ2) is 6.95. The molecule has 2 N–H and O–H groups in total. The average Bonchev–Trinajstić information content (AvgIpc) is 3.23. The molecule has 0 saturated heterocycles. The Kier molecular flexibility index (Phi) is 5.22. The van der Waals surface area contributed by atoms with Crippen LogP contribution in [-0.4, -0.2) is 18.4 Å². The number of hydrogen-bond donors (Lipinski definition) is 2. The molecule has 22 heavy (non-hydrogen) atoms. The summed E-state index contributed by atoms with van der Waals surface area (Å²) in [5.74, 6) is -0.346. The van der Waals surface area contributed by atoms with Crippen molar-refractivity contribution in [2.75, 3.05) is 11.9 Å². The SMILES string of the molecule is CCCCNC(=O)C1CC1C(=O)Nc1c(C)cc(C)cc1C. The summed E-state index contributed by atoms with van der Waals surface area (Å²) in [4.78, 5) is 24.3. The molecular formula is C18H26N2O2. The Bertz CT molecular complexity index is 557. The van der Waals surface area contributed by atoms with Crippen LogP contribution in [0.3, 0.4) is 0 Å². The molecule has 0 aromatic heterocycles. The Morgan fingerprint density at radius 1 is 1.09 bits per heavy atom. The van der Waals surface area contributed by atoms with Crippen molar-refractivity contribution in [2.24, 2.45) is 11.8 Å². The number of aryl methyl sites for hydroxylation is 3. The van der Waals surface area contributed by atoms with Crippen LogP contribution in [0.2, 0.25) is 0 Å². The van der Waals surface area contributed by atoms with Gasteiger partial charge >= 0.3 is 0 Å². The van der Waals surface area contributed by atoms with Gasteiger partial charge in [0.25, 0.3) is 0 Å². The Hall–Kier alpha value is -1.84. The van der Waals surface area contributed by atoms with E-state index in [-0.39, 0.29) is 23.7 Å². The standard InChI is InChI=1S/C18H26N2O2/c1-5-6-7-19-17(21)14-10-15(14)18(22)20-16-12(3)8-11(2)9-13(16)4/h8-9,14-15H,5-7,10H2,1-4H3,(H,19,21)(H,20,22). The number of rotatable bonds is 6. The van der Waals surface area contributed by atoms with Crippen molar-refractivity contribution in [3.63, 3.8) is 0 Å². The zero-order valence-corrected chi connectivity index (χ0v) is 14.0. The molecule has 4 nitrogen and oxygen atoms in total. The van der Waals surface area contributed by atoms with Gasteiger partial charge in [0.15, 0.2) is 0 Å². The predicted molar refractivity (Wildman–Crippen MR) is 88.8 cm³/mol. The summed E-state index contributed by atoms with van der Waals surface area (Å²) in [6.45, 7) is 8.83. The van der Waals surface area contributed by atoms with E-state index in [2.05, 4.69) is 29.7 Å². The van der Waals surface area contributed by atoms with Gasteiger partial charge < -0.3 is 10.6 Å². The topological polar surface area (TPSA) is 58.2 Å². The van der Waals surface area contributed by atoms with Crippen molar-refractivity contribution >= 4 is 17.5 Å². The lowest BCUT2D eigenvalue weighted by molar-refractivity contribution is -0.125. The number of carbonyl (C=O) groups excluding carboxylic acids is 2. The van der Waals surface area contributed by atoms with E-state index < -0.39 is 0 Å². The first-order chi connectivity index (χ1) is 10.4. The van der Waals surface area contributed by atoms with Gasteiger partial charge in [-0.3, -0.25) is 9.59 Å². The highest BCUT2D eigenvalue weighted by molar-refractivity contribution is 6.00. The highest BCUT2D eigenvalue weighted by Gasteiger charge is 2.47. The van der Waals surface area contributed by atoms with Gasteiger partial charge in [-0.15, -0.1) is 0 Å². The minimum absolute atomic E-state index is 0.0194. The maximum absolute atomic E-state index is 12.3. The molecule has 4 heteroatoms. The molecule has 2 rings (SSSR count). The Morgan fingerprint density at radius 3 is 2.27 bits per heavy atom. The Balaban J connectivity index is 1.91. The van der Waals surface area contributed by atoms with Crippen molar-refractivity contribution in [2.45, 2.75) is 47.0 Å². The molecule has 1 aromatic carbocycles. The molecule has 0 spiro atoms. The number of carbonyl (C=O) groups is 2. The van der Waals surface area contributed by atoms with E-state index in [0.29, 0.717) is 13.0 Å². The number of nitrogens with one attached hydrogen (secondary N) is 2. The summed E-state index contributed by atoms with van der Waals surface area (Å²) in [6, 6.07) is 4.12. The second-order valence-electron chi connectivity index (χ2n) is 6.36. The fourth-order valence-corrected chi connectivity index (χ4v) is 2.89. The molecule has 1 saturated carbocycles. The Labute approximate surface area is 132 Å². The Morgan fingerprint density at radius 2 is 1.68 bits per heavy atom. The normalized spacial score (nSPS) is 19.6. The third kappa shape index (κ3) is 3.87. The molecule has 120 valence electrons. The maximum atomic E-state index is 12.3. The van der Waals surface area contributed by atoms with Crippen molar-refractivity contribution in [3.05, 3.63) is 28.8 Å². The number of benzene rings is 1. The maximum Gasteiger partial charge on any atom is 0.228 e. The van der Waals surface area contributed by atoms with E-state index in [0.717, 1.165) is 29.7 Å². The molecular weight excluding hydrogens is 276 g/mol. The molecule has 2 unspecified atom stereocenters. The van der Waals surface area contributed by atoms with Crippen LogP contribution >= 0.6 is 0 Å². The van der Waals surface area contributed by atoms with Gasteiger partial charge in [0.2, 0.25) is 11.8 Å². The molecule has 1 aliphatic rings. The quantitative estimate of drug-likeness (QED) is 0.793. The molecule has 1 fully saturated rings. The van der Waals surface area contributed by atoms with Crippen LogP contribution in [0.5, 0.6) is 0 Å². The lowest BCUT2D eigenvalue weighted by Crippen LogP contribution is -2.28. The fourth-order valence-electron chi connectivity index (χ4n) is 2.89. The smallest absolute Gasteiger partial charge is 0.228 e. The summed E-state index contributed by atoms with van der Waals surface area (Å²) in [7, 11) is 0. The van der Waals surface area contributed by atoms with Crippen LogP contribution in [-0.2, 0) is 9.59 Å². The summed E-state index contributed by atoms with van der Waals surface area (Å²) >= 11 is 0. The van der Waals surface area contributed by atoms with Gasteiger partial charge in [-0.2, -0.15) is 0 Å². The van der Waals surface area contributed by atoms with Gasteiger partial charge in [-0.25, -0.2) is 0 Å². The van der Waals surface area contributed by atoms with Gasteiger partial charge in [-0.1, -0.05) is 31.0 Å². The van der Waals surface area contributed by atoms with Gasteiger partial charge in [-0.05, 0) is 44.7 Å². The number of anilines is 1. The third-order valence-electron chi connectivity index (χ3n) is 4.22. The lowest BCUT2D eigenvalue weighted by Gasteiger charge is -2.13. The molecule has 2 atom stereocenters. The molecule has 1 aliphatic carbocycles. The zero-order valence-electron chi connectivity index (χ0n) is 14.0. The minimum Gasteiger partial charge on any atom is -0.356 e. The number of amides is 2. The zero-order chi connectivity index (χ0) is 16.3. The molecule has 1 aromatic rings. The summed E-state index contributed by atoms with van der Waals surface area (Å²) in [6.07, 6.45) is 2.70. The monoisotopic (exact) mass is 302 g/mol. The predicted octanol–water partition coefficient (Wildman–Crippen LogP) is 3.10. The minimum atomic E-state index is -0.179. The third-order valence-corrected chi connectivity index (χ3v) is 4.22. The van der Waals surface area contributed by atoms with Crippen molar-refractivity contribution in [3.8, 4) is 0 Å². The summed E-state index contributed by atoms with van der Waals surface area (Å²) < 4.78 is 0. The van der Waals surface area contributed by atoms with Crippen LogP contribution < -0.4 is 10.6 Å². The van der Waals surface area contributed by atoms with Crippen molar-refractivity contribution in [1.82, 2.24) is 5.32 Å². The van der Waals surface area contributed by atoms with Crippen LogP contribution in [0.25, 0.3) is 0 Å². The van der Waals surface area contributed by atoms with Crippen LogP contribution in [0.4, 0.5) is 5.69 Å². The number of unbranched alkanes of at least 4 members (excludes halogenated alkanes) is 1. The average molecular weight is 302 g/mol. The van der Waals surface area contributed by atoms with E-state index in [1.54, 1.807) is 0 Å². The summed E-state index contributed by atoms with van der Waals surface area (Å²) in [5, 5.41) is 5.91. The van der Waals surface area contributed by atoms with E-state index >= 15 is 0 Å². The molecule has 2 amide bonds. The van der Waals surface area contributed by atoms with E-state index in [9.17, 15) is 9.59 Å². The highest BCUT2D eigenvalue weighted by atomic mass is 16.2. The summed E-state index contributed by atoms with van der Waals surface area (Å²) in [5.41, 5.74) is 4.20. The lowest BCUT2D eigenvalue weighted by atomic mass is 10.0. The van der Waals surface area contributed by atoms with Crippen LogP contribution in [0.1, 0.15) is 42.9 Å². The molecule has 0 bridgehead atoms. The van der Waals surface area contributed by atoms with Gasteiger partial charge in [0.05, 0.1) is 11.8 Å². The van der Waals surface area contributed by atoms with E-state index in [4.69, 9.17) is 0 Å². The first kappa shape index (κ1) is 16.5. The van der Waals surface area contributed by atoms with E-state index in [1.165, 1.54) is 5.56 Å². The molecule has 0 heterocycles. The van der Waals surface area contributed by atoms with Gasteiger partial charge in [0, 0.05) is 12.2 Å². The van der Waals surface area contributed by atoms with Crippen LogP contribution in [0.15, 0.2) is 12.1 Å². The van der Waals surface area contributed by atoms with Crippen molar-refractivity contribution < 1.29 is 9.59 Å². The van der Waals surface area contributed by atoms with Crippen molar-refractivity contribution in [1.29, 1.82) is 0 Å². The largest absolute Gasteiger partial charge is 0.356 e. The first-order valence-corrected chi connectivity index (χ1v) is 8.10. The first-order valence-electron chi connectivity index (χ1n) is 8.10. The fraction of sp³-hybridized carbons (Fsp3) is 0.556.